The van der Waals surface area contributed by atoms with Crippen molar-refractivity contribution in [3.8, 4) is 5.88 Å². The maximum absolute atomic E-state index is 10.9. The van der Waals surface area contributed by atoms with E-state index in [9.17, 15) is 4.79 Å². The van der Waals surface area contributed by atoms with Crippen molar-refractivity contribution in [1.82, 2.24) is 4.98 Å². The van der Waals surface area contributed by atoms with Gasteiger partial charge in [-0.1, -0.05) is 0 Å². The first-order valence-corrected chi connectivity index (χ1v) is 3.83. The number of primary amides is 1. The zero-order valence-electron chi connectivity index (χ0n) is 7.28. The number of anilines is 1. The number of amides is 1. The van der Waals surface area contributed by atoms with Crippen LogP contribution in [0.5, 0.6) is 5.88 Å². The van der Waals surface area contributed by atoms with Crippen molar-refractivity contribution in [1.29, 1.82) is 0 Å². The third-order valence-electron chi connectivity index (χ3n) is 1.42. The second kappa shape index (κ2) is 3.75. The summed E-state index contributed by atoms with van der Waals surface area (Å²) in [5.41, 5.74) is 11.1. The van der Waals surface area contributed by atoms with Gasteiger partial charge in [0.1, 0.15) is 5.56 Å². The largest absolute Gasteiger partial charge is 0.477 e. The third-order valence-corrected chi connectivity index (χ3v) is 1.42. The standard InChI is InChI=1S/C8H11N3O2/c1-2-13-8-6(7(10)12)3-5(9)4-11-8/h3-4H,2,9H2,1H3,(H2,10,12). The summed E-state index contributed by atoms with van der Waals surface area (Å²) in [4.78, 5) is 14.7. The Kier molecular flexibility index (Phi) is 2.69. The molecule has 0 spiro atoms. The van der Waals surface area contributed by atoms with Crippen molar-refractivity contribution in [2.24, 2.45) is 5.73 Å². The first kappa shape index (κ1) is 9.31. The number of hydrogen-bond donors (Lipinski definition) is 2. The van der Waals surface area contributed by atoms with E-state index in [-0.39, 0.29) is 11.4 Å². The normalized spacial score (nSPS) is 9.62. The fourth-order valence-electron chi connectivity index (χ4n) is 0.897. The van der Waals surface area contributed by atoms with E-state index in [0.717, 1.165) is 0 Å². The van der Waals surface area contributed by atoms with E-state index >= 15 is 0 Å². The van der Waals surface area contributed by atoms with Gasteiger partial charge in [0.15, 0.2) is 0 Å². The number of carbonyl (C=O) groups excluding carboxylic acids is 1. The van der Waals surface area contributed by atoms with Gasteiger partial charge in [-0.3, -0.25) is 4.79 Å². The summed E-state index contributed by atoms with van der Waals surface area (Å²) >= 11 is 0. The highest BCUT2D eigenvalue weighted by Crippen LogP contribution is 2.16. The molecule has 0 aliphatic rings. The minimum absolute atomic E-state index is 0.210. The zero-order chi connectivity index (χ0) is 9.84. The predicted molar refractivity (Wildman–Crippen MR) is 48.3 cm³/mol. The molecule has 1 heterocycles. The molecule has 0 aliphatic carbocycles. The molecule has 70 valence electrons. The number of aromatic nitrogens is 1. The van der Waals surface area contributed by atoms with Crippen LogP contribution in [0.2, 0.25) is 0 Å². The average molecular weight is 181 g/mol. The number of pyridine rings is 1. The smallest absolute Gasteiger partial charge is 0.254 e. The Bertz CT molecular complexity index is 325. The van der Waals surface area contributed by atoms with Crippen LogP contribution in [-0.2, 0) is 0 Å². The van der Waals surface area contributed by atoms with Gasteiger partial charge in [0.05, 0.1) is 18.5 Å². The Balaban J connectivity index is 3.10. The molecule has 5 heteroatoms. The van der Waals surface area contributed by atoms with Gasteiger partial charge in [0.25, 0.3) is 5.91 Å². The molecule has 5 nitrogen and oxygen atoms in total. The number of nitrogens with two attached hydrogens (primary N) is 2. The van der Waals surface area contributed by atoms with Gasteiger partial charge in [-0.15, -0.1) is 0 Å². The number of carbonyl (C=O) groups is 1. The van der Waals surface area contributed by atoms with Crippen molar-refractivity contribution in [3.63, 3.8) is 0 Å². The van der Waals surface area contributed by atoms with Crippen LogP contribution in [0.15, 0.2) is 12.3 Å². The monoisotopic (exact) mass is 181 g/mol. The van der Waals surface area contributed by atoms with Gasteiger partial charge in [-0.2, -0.15) is 0 Å². The molecule has 0 fully saturated rings. The lowest BCUT2D eigenvalue weighted by Crippen LogP contribution is -2.14. The van der Waals surface area contributed by atoms with Crippen LogP contribution in [0.25, 0.3) is 0 Å². The second-order valence-corrected chi connectivity index (χ2v) is 2.42. The Morgan fingerprint density at radius 1 is 1.69 bits per heavy atom. The average Bonchev–Trinajstić information content (AvgIpc) is 2.08. The summed E-state index contributed by atoms with van der Waals surface area (Å²) in [7, 11) is 0. The maximum Gasteiger partial charge on any atom is 0.254 e. The van der Waals surface area contributed by atoms with Crippen LogP contribution >= 0.6 is 0 Å². The molecular formula is C8H11N3O2. The fraction of sp³-hybridized carbons (Fsp3) is 0.250. The molecule has 0 saturated carbocycles. The maximum atomic E-state index is 10.9. The van der Waals surface area contributed by atoms with Crippen molar-refractivity contribution >= 4 is 11.6 Å². The van der Waals surface area contributed by atoms with E-state index in [1.54, 1.807) is 6.92 Å². The Hall–Kier alpha value is -1.78. The zero-order valence-corrected chi connectivity index (χ0v) is 7.28. The van der Waals surface area contributed by atoms with Crippen LogP contribution < -0.4 is 16.2 Å². The quantitative estimate of drug-likeness (QED) is 0.694. The molecule has 13 heavy (non-hydrogen) atoms. The first-order valence-electron chi connectivity index (χ1n) is 3.83. The van der Waals surface area contributed by atoms with E-state index in [1.807, 2.05) is 0 Å². The van der Waals surface area contributed by atoms with Crippen LogP contribution in [0.1, 0.15) is 17.3 Å². The number of hydrogen-bond acceptors (Lipinski definition) is 4. The Labute approximate surface area is 75.7 Å². The summed E-state index contributed by atoms with van der Waals surface area (Å²) in [6, 6.07) is 1.44. The molecule has 1 amide bonds. The van der Waals surface area contributed by atoms with E-state index in [2.05, 4.69) is 4.98 Å². The van der Waals surface area contributed by atoms with Crippen molar-refractivity contribution in [2.75, 3.05) is 12.3 Å². The van der Waals surface area contributed by atoms with Crippen molar-refractivity contribution in [2.45, 2.75) is 6.92 Å². The molecule has 0 saturated heterocycles. The predicted octanol–water partition coefficient (Wildman–Crippen LogP) is 0.161. The van der Waals surface area contributed by atoms with E-state index in [0.29, 0.717) is 12.3 Å². The Morgan fingerprint density at radius 2 is 2.38 bits per heavy atom. The summed E-state index contributed by atoms with van der Waals surface area (Å²) in [6.45, 7) is 2.22. The summed E-state index contributed by atoms with van der Waals surface area (Å²) in [6.07, 6.45) is 1.41. The van der Waals surface area contributed by atoms with Gasteiger partial charge in [0, 0.05) is 0 Å². The lowest BCUT2D eigenvalue weighted by molar-refractivity contribution is 0.0996. The molecule has 4 N–H and O–H groups in total. The topological polar surface area (TPSA) is 91.2 Å². The molecule has 1 aromatic heterocycles. The van der Waals surface area contributed by atoms with Gasteiger partial charge in [-0.25, -0.2) is 4.98 Å². The Morgan fingerprint density at radius 3 is 2.92 bits per heavy atom. The molecule has 1 rings (SSSR count). The molecule has 0 radical (unpaired) electrons. The molecule has 0 aromatic carbocycles. The highest BCUT2D eigenvalue weighted by Gasteiger charge is 2.10. The van der Waals surface area contributed by atoms with Gasteiger partial charge in [-0.05, 0) is 13.0 Å². The highest BCUT2D eigenvalue weighted by molar-refractivity contribution is 5.95. The molecule has 0 bridgehead atoms. The molecule has 0 unspecified atom stereocenters. The second-order valence-electron chi connectivity index (χ2n) is 2.42. The van der Waals surface area contributed by atoms with E-state index in [1.165, 1.54) is 12.3 Å². The van der Waals surface area contributed by atoms with Crippen molar-refractivity contribution in [3.05, 3.63) is 17.8 Å². The summed E-state index contributed by atoms with van der Waals surface area (Å²) < 4.78 is 5.09. The van der Waals surface area contributed by atoms with E-state index in [4.69, 9.17) is 16.2 Å². The minimum atomic E-state index is -0.594. The van der Waals surface area contributed by atoms with Crippen LogP contribution in [0, 0.1) is 0 Å². The number of nitrogens with zero attached hydrogens (tertiary/aromatic N) is 1. The molecular weight excluding hydrogens is 170 g/mol. The van der Waals surface area contributed by atoms with E-state index < -0.39 is 5.91 Å². The third kappa shape index (κ3) is 2.08. The fourth-order valence-corrected chi connectivity index (χ4v) is 0.897. The summed E-state index contributed by atoms with van der Waals surface area (Å²) in [5.74, 6) is -0.368. The molecule has 1 aromatic rings. The SMILES string of the molecule is CCOc1ncc(N)cc1C(N)=O. The number of ether oxygens (including phenoxy) is 1. The number of nitrogen functional groups attached to an aromatic ring is 1. The lowest BCUT2D eigenvalue weighted by Gasteiger charge is -2.06. The van der Waals surface area contributed by atoms with Gasteiger partial charge in [0.2, 0.25) is 5.88 Å². The highest BCUT2D eigenvalue weighted by atomic mass is 16.5. The van der Waals surface area contributed by atoms with Crippen molar-refractivity contribution < 1.29 is 9.53 Å². The summed E-state index contributed by atoms with van der Waals surface area (Å²) in [5, 5.41) is 0. The lowest BCUT2D eigenvalue weighted by atomic mass is 10.2. The number of rotatable bonds is 3. The minimum Gasteiger partial charge on any atom is -0.477 e. The van der Waals surface area contributed by atoms with Crippen LogP contribution in [0.4, 0.5) is 5.69 Å². The van der Waals surface area contributed by atoms with Crippen LogP contribution in [-0.4, -0.2) is 17.5 Å². The molecule has 0 aliphatic heterocycles. The molecule has 0 atom stereocenters. The van der Waals surface area contributed by atoms with Gasteiger partial charge < -0.3 is 16.2 Å². The first-order chi connectivity index (χ1) is 6.15. The van der Waals surface area contributed by atoms with Gasteiger partial charge >= 0.3 is 0 Å². The van der Waals surface area contributed by atoms with Crippen LogP contribution in [0.3, 0.4) is 0 Å².